The summed E-state index contributed by atoms with van der Waals surface area (Å²) in [5.74, 6) is 0.832. The molecule has 3 aromatic heterocycles. The Balaban J connectivity index is 1.65. The lowest BCUT2D eigenvalue weighted by molar-refractivity contribution is 0.217. The third-order valence-electron chi connectivity index (χ3n) is 6.65. The summed E-state index contributed by atoms with van der Waals surface area (Å²) in [7, 11) is 3.21. The predicted molar refractivity (Wildman–Crippen MR) is 161 cm³/mol. The molecule has 9 nitrogen and oxygen atoms in total. The minimum Gasteiger partial charge on any atom is -0.384 e. The molecule has 202 valence electrons. The number of fused-ring (bicyclic) bond motifs is 1. The first-order valence-corrected chi connectivity index (χ1v) is 13.1. The van der Waals surface area contributed by atoms with Gasteiger partial charge in [-0.2, -0.15) is 9.78 Å². The molecule has 0 aliphatic carbocycles. The van der Waals surface area contributed by atoms with E-state index in [4.69, 9.17) is 22.3 Å². The van der Waals surface area contributed by atoms with Gasteiger partial charge in [0.2, 0.25) is 0 Å². The van der Waals surface area contributed by atoms with E-state index in [1.54, 1.807) is 50.6 Å². The fraction of sp³-hybridized carbons (Fsp3) is 0.0645. The summed E-state index contributed by atoms with van der Waals surface area (Å²) < 4.78 is 2.61. The fourth-order valence-electron chi connectivity index (χ4n) is 4.60. The number of nitrogen functional groups attached to an aromatic ring is 1. The standard InChI is InChI=1S/C31H24ClN7O2/c1-37(2)31(41)39-28-27(26(36-39)20-6-4-3-5-7-20)35-29(38(30(28)40)24-15-13-23(32)14-16-24)21-10-8-19(9-11-21)22-12-17-25(33)34-18-22/h3-18H,1-2H3,(H2,33,34). The number of rotatable bonds is 4. The van der Waals surface area contributed by atoms with Gasteiger partial charge in [-0.25, -0.2) is 14.8 Å². The van der Waals surface area contributed by atoms with E-state index in [1.807, 2.05) is 60.7 Å². The number of pyridine rings is 1. The molecule has 0 saturated heterocycles. The monoisotopic (exact) mass is 561 g/mol. The smallest absolute Gasteiger partial charge is 0.344 e. The molecule has 0 atom stereocenters. The Morgan fingerprint density at radius 1 is 0.829 bits per heavy atom. The molecule has 0 bridgehead atoms. The number of benzene rings is 3. The first-order chi connectivity index (χ1) is 19.8. The number of amides is 1. The van der Waals surface area contributed by atoms with Gasteiger partial charge < -0.3 is 10.6 Å². The minimum absolute atomic E-state index is 0.0748. The molecular weight excluding hydrogens is 538 g/mol. The Bertz CT molecular complexity index is 1950. The zero-order valence-electron chi connectivity index (χ0n) is 22.2. The van der Waals surface area contributed by atoms with Crippen LogP contribution < -0.4 is 11.3 Å². The van der Waals surface area contributed by atoms with Crippen LogP contribution >= 0.6 is 11.6 Å². The van der Waals surface area contributed by atoms with Gasteiger partial charge in [-0.1, -0.05) is 66.2 Å². The Hall–Kier alpha value is -5.28. The maximum atomic E-state index is 14.4. The summed E-state index contributed by atoms with van der Waals surface area (Å²) in [6, 6.07) is 27.1. The van der Waals surface area contributed by atoms with Gasteiger partial charge in [0.1, 0.15) is 22.9 Å². The minimum atomic E-state index is -0.465. The molecule has 1 amide bonds. The van der Waals surface area contributed by atoms with Crippen molar-refractivity contribution in [1.82, 2.24) is 29.2 Å². The Labute approximate surface area is 240 Å². The number of nitrogens with two attached hydrogens (primary N) is 1. The molecule has 0 spiro atoms. The average molecular weight is 562 g/mol. The summed E-state index contributed by atoms with van der Waals surface area (Å²) in [6.45, 7) is 0. The molecule has 0 radical (unpaired) electrons. The second-order valence-corrected chi connectivity index (χ2v) is 10.0. The van der Waals surface area contributed by atoms with Crippen LogP contribution in [-0.2, 0) is 0 Å². The molecule has 0 fully saturated rings. The van der Waals surface area contributed by atoms with E-state index in [2.05, 4.69) is 10.1 Å². The summed E-state index contributed by atoms with van der Waals surface area (Å²) >= 11 is 6.17. The van der Waals surface area contributed by atoms with Gasteiger partial charge >= 0.3 is 6.03 Å². The van der Waals surface area contributed by atoms with Crippen molar-refractivity contribution in [3.05, 3.63) is 113 Å². The molecule has 0 aliphatic heterocycles. The maximum absolute atomic E-state index is 14.4. The van der Waals surface area contributed by atoms with Crippen molar-refractivity contribution in [2.75, 3.05) is 19.8 Å². The van der Waals surface area contributed by atoms with Crippen molar-refractivity contribution in [2.45, 2.75) is 0 Å². The number of anilines is 1. The molecule has 3 heterocycles. The highest BCUT2D eigenvalue weighted by Gasteiger charge is 2.26. The van der Waals surface area contributed by atoms with Crippen LogP contribution in [-0.4, -0.2) is 49.3 Å². The number of nitrogens with zero attached hydrogens (tertiary/aromatic N) is 6. The van der Waals surface area contributed by atoms with E-state index in [1.165, 1.54) is 9.47 Å². The van der Waals surface area contributed by atoms with E-state index in [9.17, 15) is 9.59 Å². The highest BCUT2D eigenvalue weighted by Crippen LogP contribution is 2.30. The molecule has 3 aromatic carbocycles. The van der Waals surface area contributed by atoms with E-state index >= 15 is 0 Å². The van der Waals surface area contributed by atoms with Crippen molar-refractivity contribution < 1.29 is 4.79 Å². The highest BCUT2D eigenvalue weighted by atomic mass is 35.5. The third kappa shape index (κ3) is 4.72. The average Bonchev–Trinajstić information content (AvgIpc) is 3.38. The number of carbonyl (C=O) groups excluding carboxylic acids is 1. The van der Waals surface area contributed by atoms with Crippen LogP contribution in [0.15, 0.2) is 102 Å². The van der Waals surface area contributed by atoms with Gasteiger partial charge in [0, 0.05) is 42.0 Å². The third-order valence-corrected chi connectivity index (χ3v) is 6.91. The lowest BCUT2D eigenvalue weighted by atomic mass is 10.0. The molecule has 6 rings (SSSR count). The Morgan fingerprint density at radius 2 is 1.49 bits per heavy atom. The Kier molecular flexibility index (Phi) is 6.56. The highest BCUT2D eigenvalue weighted by molar-refractivity contribution is 6.30. The molecule has 0 aliphatic rings. The number of hydrogen-bond acceptors (Lipinski definition) is 6. The van der Waals surface area contributed by atoms with Crippen molar-refractivity contribution in [2.24, 2.45) is 0 Å². The van der Waals surface area contributed by atoms with E-state index in [-0.39, 0.29) is 5.52 Å². The van der Waals surface area contributed by atoms with E-state index in [0.717, 1.165) is 21.4 Å². The van der Waals surface area contributed by atoms with Crippen LogP contribution in [0.4, 0.5) is 10.6 Å². The predicted octanol–water partition coefficient (Wildman–Crippen LogP) is 5.74. The first kappa shape index (κ1) is 26.0. The first-order valence-electron chi connectivity index (χ1n) is 12.7. The normalized spacial score (nSPS) is 11.1. The zero-order valence-corrected chi connectivity index (χ0v) is 22.9. The number of hydrogen-bond donors (Lipinski definition) is 1. The molecule has 10 heteroatoms. The molecule has 6 aromatic rings. The summed E-state index contributed by atoms with van der Waals surface area (Å²) in [4.78, 5) is 38.1. The lowest BCUT2D eigenvalue weighted by Crippen LogP contribution is -2.31. The SMILES string of the molecule is CN(C)C(=O)n1nc(-c2ccccc2)c2nc(-c3ccc(-c4ccc(N)nc4)cc3)n(-c3ccc(Cl)cc3)c(=O)c21. The maximum Gasteiger partial charge on any atom is 0.344 e. The van der Waals surface area contributed by atoms with Crippen molar-refractivity contribution >= 4 is 34.5 Å². The van der Waals surface area contributed by atoms with E-state index < -0.39 is 11.6 Å². The van der Waals surface area contributed by atoms with Gasteiger partial charge in [-0.15, -0.1) is 0 Å². The molecule has 2 N–H and O–H groups in total. The quantitative estimate of drug-likeness (QED) is 0.293. The van der Waals surface area contributed by atoms with Crippen LogP contribution in [0.5, 0.6) is 0 Å². The summed E-state index contributed by atoms with van der Waals surface area (Å²) in [6.07, 6.45) is 1.71. The lowest BCUT2D eigenvalue weighted by Gasteiger charge is -2.15. The summed E-state index contributed by atoms with van der Waals surface area (Å²) in [5, 5.41) is 5.12. The van der Waals surface area contributed by atoms with Crippen LogP contribution in [0, 0.1) is 0 Å². The second kappa shape index (κ2) is 10.4. The van der Waals surface area contributed by atoms with Gasteiger partial charge in [-0.05, 0) is 42.0 Å². The largest absolute Gasteiger partial charge is 0.384 e. The van der Waals surface area contributed by atoms with Crippen molar-refractivity contribution in [3.63, 3.8) is 0 Å². The zero-order chi connectivity index (χ0) is 28.7. The van der Waals surface area contributed by atoms with Gasteiger partial charge in [0.05, 0.1) is 5.69 Å². The molecular formula is C31H24ClN7O2. The molecule has 41 heavy (non-hydrogen) atoms. The number of aromatic nitrogens is 5. The topological polar surface area (TPSA) is 112 Å². The van der Waals surface area contributed by atoms with Gasteiger partial charge in [-0.3, -0.25) is 9.36 Å². The van der Waals surface area contributed by atoms with Gasteiger partial charge in [0.25, 0.3) is 5.56 Å². The van der Waals surface area contributed by atoms with Crippen LogP contribution in [0.3, 0.4) is 0 Å². The summed E-state index contributed by atoms with van der Waals surface area (Å²) in [5.41, 5.74) is 9.93. The van der Waals surface area contributed by atoms with Gasteiger partial charge in [0.15, 0.2) is 5.52 Å². The van der Waals surface area contributed by atoms with Crippen LogP contribution in [0.1, 0.15) is 0 Å². The van der Waals surface area contributed by atoms with Crippen molar-refractivity contribution in [3.8, 4) is 39.5 Å². The fourth-order valence-corrected chi connectivity index (χ4v) is 4.72. The molecule has 0 saturated carbocycles. The van der Waals surface area contributed by atoms with E-state index in [0.29, 0.717) is 39.1 Å². The number of halogens is 1. The van der Waals surface area contributed by atoms with Crippen LogP contribution in [0.2, 0.25) is 5.02 Å². The molecule has 0 unspecified atom stereocenters. The van der Waals surface area contributed by atoms with Crippen LogP contribution in [0.25, 0.3) is 50.5 Å². The number of carbonyl (C=O) groups is 1. The van der Waals surface area contributed by atoms with Crippen molar-refractivity contribution in [1.29, 1.82) is 0 Å². The Morgan fingerprint density at radius 3 is 2.12 bits per heavy atom. The second-order valence-electron chi connectivity index (χ2n) is 9.60.